The Bertz CT molecular complexity index is 447. The topological polar surface area (TPSA) is 59.6 Å². The normalized spacial score (nSPS) is 24.8. The Balaban J connectivity index is 1.41. The van der Waals surface area contributed by atoms with Crippen LogP contribution in [0, 0.1) is 0 Å². The van der Waals surface area contributed by atoms with Crippen LogP contribution in [0.2, 0.25) is 0 Å². The Kier molecular flexibility index (Phi) is 4.18. The Morgan fingerprint density at radius 2 is 2.25 bits per heavy atom. The zero-order chi connectivity index (χ0) is 13.8. The van der Waals surface area contributed by atoms with Gasteiger partial charge < -0.3 is 20.1 Å². The van der Waals surface area contributed by atoms with Gasteiger partial charge in [0.15, 0.2) is 0 Å². The summed E-state index contributed by atoms with van der Waals surface area (Å²) < 4.78 is 11.3. The smallest absolute Gasteiger partial charge is 0.222 e. The first-order valence-corrected chi connectivity index (χ1v) is 7.15. The van der Waals surface area contributed by atoms with Gasteiger partial charge in [-0.3, -0.25) is 4.79 Å². The van der Waals surface area contributed by atoms with Crippen molar-refractivity contribution < 1.29 is 14.3 Å². The Hall–Kier alpha value is -1.59. The summed E-state index contributed by atoms with van der Waals surface area (Å²) in [6.07, 6.45) is 1.30. The molecule has 5 heteroatoms. The third-order valence-corrected chi connectivity index (χ3v) is 3.66. The average molecular weight is 276 g/mol. The molecule has 2 unspecified atom stereocenters. The number of hydrogen-bond acceptors (Lipinski definition) is 4. The molecular formula is C15H20N2O3. The molecule has 2 heterocycles. The van der Waals surface area contributed by atoms with Crippen molar-refractivity contribution >= 4 is 5.91 Å². The summed E-state index contributed by atoms with van der Waals surface area (Å²) in [6, 6.07) is 8.02. The lowest BCUT2D eigenvalue weighted by Crippen LogP contribution is -2.42. The van der Waals surface area contributed by atoms with Crippen molar-refractivity contribution in [3.8, 4) is 5.75 Å². The van der Waals surface area contributed by atoms with Gasteiger partial charge in [-0.1, -0.05) is 18.2 Å². The number of rotatable bonds is 4. The van der Waals surface area contributed by atoms with E-state index in [1.54, 1.807) is 0 Å². The number of carbonyl (C=O) groups excluding carboxylic acids is 1. The zero-order valence-corrected chi connectivity index (χ0v) is 11.4. The highest BCUT2D eigenvalue weighted by Gasteiger charge is 2.23. The van der Waals surface area contributed by atoms with Crippen LogP contribution in [0.15, 0.2) is 24.3 Å². The molecule has 0 spiro atoms. The monoisotopic (exact) mass is 276 g/mol. The van der Waals surface area contributed by atoms with Gasteiger partial charge in [-0.05, 0) is 11.6 Å². The molecule has 108 valence electrons. The molecule has 1 aromatic carbocycles. The van der Waals surface area contributed by atoms with Crippen molar-refractivity contribution in [3.05, 3.63) is 29.8 Å². The molecule has 0 aliphatic carbocycles. The van der Waals surface area contributed by atoms with E-state index in [-0.39, 0.29) is 18.1 Å². The largest absolute Gasteiger partial charge is 0.488 e. The summed E-state index contributed by atoms with van der Waals surface area (Å²) in [6.45, 7) is 2.84. The second-order valence-corrected chi connectivity index (χ2v) is 5.26. The second-order valence-electron chi connectivity index (χ2n) is 5.26. The molecule has 0 radical (unpaired) electrons. The highest BCUT2D eigenvalue weighted by Crippen LogP contribution is 2.27. The number of hydrogen-bond donors (Lipinski definition) is 2. The number of amides is 1. The third-order valence-electron chi connectivity index (χ3n) is 3.66. The first-order chi connectivity index (χ1) is 9.81. The maximum Gasteiger partial charge on any atom is 0.222 e. The molecule has 1 fully saturated rings. The molecule has 5 nitrogen and oxygen atoms in total. The molecule has 0 bridgehead atoms. The summed E-state index contributed by atoms with van der Waals surface area (Å²) >= 11 is 0. The minimum absolute atomic E-state index is 0.00885. The summed E-state index contributed by atoms with van der Waals surface area (Å²) in [5.41, 5.74) is 1.21. The molecule has 2 atom stereocenters. The highest BCUT2D eigenvalue weighted by molar-refractivity contribution is 5.76. The fourth-order valence-corrected chi connectivity index (χ4v) is 2.63. The van der Waals surface area contributed by atoms with E-state index in [4.69, 9.17) is 9.47 Å². The molecule has 2 aliphatic heterocycles. The first kappa shape index (κ1) is 13.4. The van der Waals surface area contributed by atoms with Crippen LogP contribution in [0.25, 0.3) is 0 Å². The van der Waals surface area contributed by atoms with Crippen molar-refractivity contribution in [2.75, 3.05) is 26.2 Å². The van der Waals surface area contributed by atoms with Gasteiger partial charge in [0.2, 0.25) is 5.91 Å². The van der Waals surface area contributed by atoms with Crippen LogP contribution >= 0.6 is 0 Å². The van der Waals surface area contributed by atoms with E-state index in [1.807, 2.05) is 18.2 Å². The number of morpholine rings is 1. The van der Waals surface area contributed by atoms with Gasteiger partial charge in [0.1, 0.15) is 11.9 Å². The summed E-state index contributed by atoms with van der Waals surface area (Å²) in [4.78, 5) is 11.9. The zero-order valence-electron chi connectivity index (χ0n) is 11.4. The lowest BCUT2D eigenvalue weighted by atomic mass is 10.1. The fourth-order valence-electron chi connectivity index (χ4n) is 2.63. The summed E-state index contributed by atoms with van der Waals surface area (Å²) in [5, 5.41) is 6.15. The van der Waals surface area contributed by atoms with Gasteiger partial charge in [-0.2, -0.15) is 0 Å². The second kappa shape index (κ2) is 6.24. The SMILES string of the molecule is O=C(CC1CNCCO1)NCC1Cc2ccccc2O1. The Morgan fingerprint density at radius 3 is 3.05 bits per heavy atom. The minimum atomic E-state index is -0.00885. The van der Waals surface area contributed by atoms with E-state index < -0.39 is 0 Å². The molecule has 1 amide bonds. The standard InChI is InChI=1S/C15H20N2O3/c18-15(8-12-9-16-5-6-19-12)17-10-13-7-11-3-1-2-4-14(11)20-13/h1-4,12-13,16H,5-10H2,(H,17,18). The van der Waals surface area contributed by atoms with E-state index in [1.165, 1.54) is 5.56 Å². The predicted molar refractivity (Wildman–Crippen MR) is 74.8 cm³/mol. The van der Waals surface area contributed by atoms with E-state index in [2.05, 4.69) is 16.7 Å². The Labute approximate surface area is 118 Å². The summed E-state index contributed by atoms with van der Waals surface area (Å²) in [7, 11) is 0. The molecule has 0 saturated carbocycles. The molecular weight excluding hydrogens is 256 g/mol. The highest BCUT2D eigenvalue weighted by atomic mass is 16.5. The van der Waals surface area contributed by atoms with Crippen LogP contribution in [0.4, 0.5) is 0 Å². The quantitative estimate of drug-likeness (QED) is 0.840. The first-order valence-electron chi connectivity index (χ1n) is 7.15. The van der Waals surface area contributed by atoms with Crippen LogP contribution in [0.3, 0.4) is 0 Å². The maximum atomic E-state index is 11.9. The predicted octanol–water partition coefficient (Wildman–Crippen LogP) is 0.485. The number of para-hydroxylation sites is 1. The van der Waals surface area contributed by atoms with Gasteiger partial charge in [0, 0.05) is 19.5 Å². The van der Waals surface area contributed by atoms with Gasteiger partial charge in [0.05, 0.1) is 25.7 Å². The van der Waals surface area contributed by atoms with Crippen LogP contribution in [-0.4, -0.2) is 44.4 Å². The van der Waals surface area contributed by atoms with Crippen LogP contribution in [-0.2, 0) is 16.0 Å². The third kappa shape index (κ3) is 3.29. The van der Waals surface area contributed by atoms with Crippen LogP contribution in [0.1, 0.15) is 12.0 Å². The molecule has 3 rings (SSSR count). The number of carbonyl (C=O) groups is 1. The van der Waals surface area contributed by atoms with Crippen molar-refractivity contribution in [2.24, 2.45) is 0 Å². The average Bonchev–Trinajstić information content (AvgIpc) is 2.89. The number of benzene rings is 1. The minimum Gasteiger partial charge on any atom is -0.488 e. The van der Waals surface area contributed by atoms with E-state index in [0.717, 1.165) is 25.3 Å². The van der Waals surface area contributed by atoms with Crippen LogP contribution < -0.4 is 15.4 Å². The molecule has 2 N–H and O–H groups in total. The molecule has 2 aliphatic rings. The lowest BCUT2D eigenvalue weighted by Gasteiger charge is -2.23. The van der Waals surface area contributed by atoms with Crippen molar-refractivity contribution in [1.29, 1.82) is 0 Å². The Morgan fingerprint density at radius 1 is 1.35 bits per heavy atom. The molecule has 20 heavy (non-hydrogen) atoms. The van der Waals surface area contributed by atoms with E-state index in [0.29, 0.717) is 19.6 Å². The molecule has 0 aromatic heterocycles. The number of fused-ring (bicyclic) bond motifs is 1. The maximum absolute atomic E-state index is 11.9. The van der Waals surface area contributed by atoms with Crippen molar-refractivity contribution in [1.82, 2.24) is 10.6 Å². The summed E-state index contributed by atoms with van der Waals surface area (Å²) in [5.74, 6) is 0.963. The van der Waals surface area contributed by atoms with Crippen molar-refractivity contribution in [2.45, 2.75) is 25.0 Å². The lowest BCUT2D eigenvalue weighted by molar-refractivity contribution is -0.124. The molecule has 1 saturated heterocycles. The van der Waals surface area contributed by atoms with Crippen LogP contribution in [0.5, 0.6) is 5.75 Å². The van der Waals surface area contributed by atoms with Gasteiger partial charge in [-0.15, -0.1) is 0 Å². The van der Waals surface area contributed by atoms with Gasteiger partial charge in [-0.25, -0.2) is 0 Å². The number of nitrogens with one attached hydrogen (secondary N) is 2. The van der Waals surface area contributed by atoms with Crippen molar-refractivity contribution in [3.63, 3.8) is 0 Å². The van der Waals surface area contributed by atoms with Gasteiger partial charge >= 0.3 is 0 Å². The fraction of sp³-hybridized carbons (Fsp3) is 0.533. The van der Waals surface area contributed by atoms with E-state index >= 15 is 0 Å². The van der Waals surface area contributed by atoms with E-state index in [9.17, 15) is 4.79 Å². The molecule has 1 aromatic rings. The van der Waals surface area contributed by atoms with Gasteiger partial charge in [0.25, 0.3) is 0 Å². The number of ether oxygens (including phenoxy) is 2.